The van der Waals surface area contributed by atoms with Gasteiger partial charge >= 0.3 is 0 Å². The molecule has 0 radical (unpaired) electrons. The first-order chi connectivity index (χ1) is 13.4. The number of sulfonamides is 1. The van der Waals surface area contributed by atoms with Crippen molar-refractivity contribution in [1.29, 1.82) is 0 Å². The Labute approximate surface area is 174 Å². The molecule has 1 fully saturated rings. The van der Waals surface area contributed by atoms with Gasteiger partial charge in [-0.2, -0.15) is 0 Å². The van der Waals surface area contributed by atoms with Gasteiger partial charge in [-0.25, -0.2) is 13.4 Å². The standard InChI is InChI=1S/C18H26N4O3S3/c1-3-7-21-8-10-22(11-9-21)17(23)13-26-18-19-15-6-5-14(12-16(15)27-18)20-28(24,25)4-2/h5-6,12,20H,3-4,7-11,13H2,1-2H3. The number of thiazole rings is 1. The van der Waals surface area contributed by atoms with Crippen molar-refractivity contribution in [1.82, 2.24) is 14.8 Å². The molecule has 1 aliphatic heterocycles. The van der Waals surface area contributed by atoms with Gasteiger partial charge in [0.05, 0.1) is 27.4 Å². The zero-order valence-electron chi connectivity index (χ0n) is 16.2. The van der Waals surface area contributed by atoms with Gasteiger partial charge in [0.25, 0.3) is 0 Å². The predicted molar refractivity (Wildman–Crippen MR) is 117 cm³/mol. The zero-order chi connectivity index (χ0) is 20.1. The molecule has 1 aliphatic rings. The van der Waals surface area contributed by atoms with Gasteiger partial charge in [-0.05, 0) is 38.1 Å². The highest BCUT2D eigenvalue weighted by molar-refractivity contribution is 8.01. The second-order valence-electron chi connectivity index (χ2n) is 6.68. The average Bonchev–Trinajstić information content (AvgIpc) is 3.09. The van der Waals surface area contributed by atoms with Gasteiger partial charge in [0.2, 0.25) is 15.9 Å². The number of rotatable bonds is 8. The van der Waals surface area contributed by atoms with E-state index in [9.17, 15) is 13.2 Å². The van der Waals surface area contributed by atoms with E-state index in [4.69, 9.17) is 0 Å². The first-order valence-electron chi connectivity index (χ1n) is 9.44. The number of thioether (sulfide) groups is 1. The largest absolute Gasteiger partial charge is 0.339 e. The van der Waals surface area contributed by atoms with Gasteiger partial charge in [0.1, 0.15) is 0 Å². The number of piperazine rings is 1. The van der Waals surface area contributed by atoms with Crippen LogP contribution in [0.5, 0.6) is 0 Å². The Kier molecular flexibility index (Phi) is 7.19. The summed E-state index contributed by atoms with van der Waals surface area (Å²) in [6.45, 7) is 8.35. The lowest BCUT2D eigenvalue weighted by Crippen LogP contribution is -2.49. The smallest absolute Gasteiger partial charge is 0.233 e. The lowest BCUT2D eigenvalue weighted by atomic mass is 10.3. The maximum Gasteiger partial charge on any atom is 0.233 e. The second kappa shape index (κ2) is 9.43. The van der Waals surface area contributed by atoms with Gasteiger partial charge in [-0.15, -0.1) is 11.3 Å². The summed E-state index contributed by atoms with van der Waals surface area (Å²) in [6.07, 6.45) is 1.14. The van der Waals surface area contributed by atoms with Crippen molar-refractivity contribution in [3.05, 3.63) is 18.2 Å². The van der Waals surface area contributed by atoms with Crippen LogP contribution < -0.4 is 4.72 Å². The molecule has 3 rings (SSSR count). The molecule has 0 aliphatic carbocycles. The van der Waals surface area contributed by atoms with E-state index in [1.54, 1.807) is 25.1 Å². The molecule has 1 aromatic carbocycles. The summed E-state index contributed by atoms with van der Waals surface area (Å²) in [5, 5.41) is 0. The quantitative estimate of drug-likeness (QED) is 0.633. The molecular weight excluding hydrogens is 416 g/mol. The SMILES string of the molecule is CCCN1CCN(C(=O)CSc2nc3ccc(NS(=O)(=O)CC)cc3s2)CC1. The second-order valence-corrected chi connectivity index (χ2v) is 10.9. The lowest BCUT2D eigenvalue weighted by Gasteiger charge is -2.34. The number of carbonyl (C=O) groups excluding carboxylic acids is 1. The van der Waals surface area contributed by atoms with Crippen molar-refractivity contribution in [2.24, 2.45) is 0 Å². The van der Waals surface area contributed by atoms with E-state index in [1.165, 1.54) is 23.1 Å². The fraction of sp³-hybridized carbons (Fsp3) is 0.556. The Hall–Kier alpha value is -1.36. The number of fused-ring (bicyclic) bond motifs is 1. The van der Waals surface area contributed by atoms with Crippen molar-refractivity contribution in [3.8, 4) is 0 Å². The Morgan fingerprint density at radius 2 is 2.00 bits per heavy atom. The van der Waals surface area contributed by atoms with Crippen LogP contribution in [-0.4, -0.2) is 73.3 Å². The molecule has 1 amide bonds. The number of anilines is 1. The van der Waals surface area contributed by atoms with Crippen LogP contribution in [0.2, 0.25) is 0 Å². The van der Waals surface area contributed by atoms with Crippen molar-refractivity contribution >= 4 is 54.9 Å². The summed E-state index contributed by atoms with van der Waals surface area (Å²) in [5.41, 5.74) is 1.35. The molecule has 1 N–H and O–H groups in total. The van der Waals surface area contributed by atoms with Crippen molar-refractivity contribution in [2.45, 2.75) is 24.6 Å². The van der Waals surface area contributed by atoms with Crippen LogP contribution in [0.1, 0.15) is 20.3 Å². The predicted octanol–water partition coefficient (Wildman–Crippen LogP) is 2.70. The fourth-order valence-corrected chi connectivity index (χ4v) is 5.67. The van der Waals surface area contributed by atoms with Crippen LogP contribution >= 0.6 is 23.1 Å². The number of hydrogen-bond donors (Lipinski definition) is 1. The molecule has 28 heavy (non-hydrogen) atoms. The Morgan fingerprint density at radius 1 is 1.25 bits per heavy atom. The normalized spacial score (nSPS) is 15.9. The Morgan fingerprint density at radius 3 is 2.68 bits per heavy atom. The number of nitrogens with zero attached hydrogens (tertiary/aromatic N) is 3. The van der Waals surface area contributed by atoms with E-state index in [0.717, 1.165) is 53.7 Å². The monoisotopic (exact) mass is 442 g/mol. The summed E-state index contributed by atoms with van der Waals surface area (Å²) < 4.78 is 27.7. The molecule has 7 nitrogen and oxygen atoms in total. The lowest BCUT2D eigenvalue weighted by molar-refractivity contribution is -0.130. The van der Waals surface area contributed by atoms with Crippen molar-refractivity contribution in [2.75, 3.05) is 49.0 Å². The molecule has 2 aromatic rings. The number of carbonyl (C=O) groups is 1. The summed E-state index contributed by atoms with van der Waals surface area (Å²) in [6, 6.07) is 5.31. The molecule has 0 spiro atoms. The number of amides is 1. The third kappa shape index (κ3) is 5.59. The molecule has 2 heterocycles. The van der Waals surface area contributed by atoms with Gasteiger partial charge in [0, 0.05) is 26.2 Å². The summed E-state index contributed by atoms with van der Waals surface area (Å²) in [4.78, 5) is 21.4. The van der Waals surface area contributed by atoms with Crippen molar-refractivity contribution in [3.63, 3.8) is 0 Å². The molecule has 0 atom stereocenters. The fourth-order valence-electron chi connectivity index (χ4n) is 3.03. The highest BCUT2D eigenvalue weighted by atomic mass is 32.2. The molecule has 1 aromatic heterocycles. The van der Waals surface area contributed by atoms with E-state index in [-0.39, 0.29) is 11.7 Å². The minimum absolute atomic E-state index is 0.0314. The van der Waals surface area contributed by atoms with Crippen LogP contribution in [-0.2, 0) is 14.8 Å². The third-order valence-electron chi connectivity index (χ3n) is 4.61. The molecule has 0 bridgehead atoms. The topological polar surface area (TPSA) is 82.6 Å². The highest BCUT2D eigenvalue weighted by Gasteiger charge is 2.21. The highest BCUT2D eigenvalue weighted by Crippen LogP contribution is 2.31. The molecular formula is C18H26N4O3S3. The maximum absolute atomic E-state index is 12.5. The Balaban J connectivity index is 1.57. The first-order valence-corrected chi connectivity index (χ1v) is 12.9. The van der Waals surface area contributed by atoms with E-state index < -0.39 is 10.0 Å². The first kappa shape index (κ1) is 21.4. The molecule has 154 valence electrons. The Bertz CT molecular complexity index is 921. The van der Waals surface area contributed by atoms with Crippen LogP contribution in [0.4, 0.5) is 5.69 Å². The van der Waals surface area contributed by atoms with Crippen LogP contribution in [0.15, 0.2) is 22.5 Å². The van der Waals surface area contributed by atoms with Gasteiger partial charge in [-0.3, -0.25) is 14.4 Å². The molecule has 1 saturated heterocycles. The molecule has 0 unspecified atom stereocenters. The van der Waals surface area contributed by atoms with Gasteiger partial charge in [0.15, 0.2) is 4.34 Å². The minimum atomic E-state index is -3.30. The molecule has 0 saturated carbocycles. The van der Waals surface area contributed by atoms with E-state index in [0.29, 0.717) is 11.4 Å². The summed E-state index contributed by atoms with van der Waals surface area (Å²) >= 11 is 2.93. The summed E-state index contributed by atoms with van der Waals surface area (Å²) in [5.74, 6) is 0.559. The number of benzene rings is 1. The van der Waals surface area contributed by atoms with Gasteiger partial charge in [-0.1, -0.05) is 18.7 Å². The minimum Gasteiger partial charge on any atom is -0.339 e. The third-order valence-corrected chi connectivity index (χ3v) is 8.06. The summed E-state index contributed by atoms with van der Waals surface area (Å²) in [7, 11) is -3.30. The van der Waals surface area contributed by atoms with Crippen LogP contribution in [0.25, 0.3) is 10.2 Å². The average molecular weight is 443 g/mol. The number of nitrogens with one attached hydrogen (secondary N) is 1. The van der Waals surface area contributed by atoms with Crippen LogP contribution in [0.3, 0.4) is 0 Å². The van der Waals surface area contributed by atoms with Crippen LogP contribution in [0, 0.1) is 0 Å². The van der Waals surface area contributed by atoms with Gasteiger partial charge < -0.3 is 4.90 Å². The zero-order valence-corrected chi connectivity index (χ0v) is 18.6. The van der Waals surface area contributed by atoms with E-state index >= 15 is 0 Å². The maximum atomic E-state index is 12.5. The number of hydrogen-bond acceptors (Lipinski definition) is 7. The van der Waals surface area contributed by atoms with E-state index in [2.05, 4.69) is 21.5 Å². The molecule has 10 heteroatoms. The van der Waals surface area contributed by atoms with Crippen molar-refractivity contribution < 1.29 is 13.2 Å². The van der Waals surface area contributed by atoms with E-state index in [1.807, 2.05) is 4.90 Å². The number of aromatic nitrogens is 1.